The topological polar surface area (TPSA) is 76.4 Å². The van der Waals surface area contributed by atoms with Crippen molar-refractivity contribution in [2.75, 3.05) is 5.01 Å². The van der Waals surface area contributed by atoms with Crippen LogP contribution in [0.4, 0.5) is 45.3 Å². The van der Waals surface area contributed by atoms with Gasteiger partial charge in [0.1, 0.15) is 17.7 Å². The fraction of sp³-hybridized carbons (Fsp3) is 0.308. The fourth-order valence-electron chi connectivity index (χ4n) is 2.48. The monoisotopic (exact) mass is 452 g/mol. The van der Waals surface area contributed by atoms with Crippen LogP contribution < -0.4 is 15.8 Å². The van der Waals surface area contributed by atoms with Crippen LogP contribution in [0.1, 0.15) is 5.56 Å². The van der Waals surface area contributed by atoms with Crippen LogP contribution in [0.25, 0.3) is 0 Å². The first-order valence-electron chi connectivity index (χ1n) is 7.22. The summed E-state index contributed by atoms with van der Waals surface area (Å²) < 4.78 is 116. The van der Waals surface area contributed by atoms with Crippen molar-refractivity contribution < 1.29 is 39.5 Å². The highest BCUT2D eigenvalue weighted by Gasteiger charge is 2.51. The molecule has 3 N–H and O–H groups in total. The van der Waals surface area contributed by atoms with Gasteiger partial charge in [-0.1, -0.05) is 11.6 Å². The minimum absolute atomic E-state index is 0.305. The number of amidine groups is 2. The molecule has 0 saturated carbocycles. The highest BCUT2D eigenvalue weighted by Crippen LogP contribution is 2.38. The zero-order valence-electron chi connectivity index (χ0n) is 13.4. The number of allylic oxidation sites excluding steroid dienone is 1. The van der Waals surface area contributed by atoms with Gasteiger partial charge >= 0.3 is 18.5 Å². The van der Waals surface area contributed by atoms with E-state index in [1.807, 2.05) is 0 Å². The van der Waals surface area contributed by atoms with Crippen LogP contribution in [0.2, 0.25) is 5.02 Å². The molecule has 1 fully saturated rings. The molecule has 1 saturated heterocycles. The van der Waals surface area contributed by atoms with Gasteiger partial charge in [0.2, 0.25) is 5.84 Å². The molecule has 0 aromatic carbocycles. The lowest BCUT2D eigenvalue weighted by atomic mass is 10.1. The van der Waals surface area contributed by atoms with Gasteiger partial charge in [0.15, 0.2) is 5.82 Å². The van der Waals surface area contributed by atoms with E-state index in [1.54, 1.807) is 0 Å². The van der Waals surface area contributed by atoms with Crippen LogP contribution in [0, 0.1) is 5.41 Å². The summed E-state index contributed by atoms with van der Waals surface area (Å²) in [7, 11) is 0. The third kappa shape index (κ3) is 3.83. The largest absolute Gasteiger partial charge is 0.449 e. The Bertz CT molecular complexity index is 930. The second-order valence-corrected chi connectivity index (χ2v) is 6.04. The van der Waals surface area contributed by atoms with Gasteiger partial charge in [-0.2, -0.15) is 44.9 Å². The number of anilines is 1. The first-order chi connectivity index (χ1) is 13.1. The number of aliphatic imine (C=N–C) groups is 1. The Labute approximate surface area is 159 Å². The number of alkyl halides is 9. The number of halogens is 10. The normalized spacial score (nSPS) is 20.6. The maximum atomic E-state index is 13.3. The van der Waals surface area contributed by atoms with Crippen molar-refractivity contribution in [3.8, 4) is 0 Å². The van der Waals surface area contributed by atoms with Crippen molar-refractivity contribution in [3.05, 3.63) is 34.1 Å². The maximum absolute atomic E-state index is 13.3. The Kier molecular flexibility index (Phi) is 4.73. The van der Waals surface area contributed by atoms with E-state index in [0.717, 1.165) is 5.32 Å². The second-order valence-electron chi connectivity index (χ2n) is 5.63. The van der Waals surface area contributed by atoms with E-state index in [-0.39, 0.29) is 0 Å². The number of fused-ring (bicyclic) bond motifs is 1. The molecule has 1 aromatic rings. The molecule has 1 unspecified atom stereocenters. The lowest BCUT2D eigenvalue weighted by molar-refractivity contribution is -0.137. The number of hydrogen-bond acceptors (Lipinski definition) is 5. The average molecular weight is 453 g/mol. The summed E-state index contributed by atoms with van der Waals surface area (Å²) >= 11 is 5.70. The van der Waals surface area contributed by atoms with Gasteiger partial charge < -0.3 is 5.32 Å². The molecule has 1 aromatic heterocycles. The standard InChI is InChI=1S/C13H6ClF9N6/c14-4-1-3(11(15,16)17)2-25-9(4)29-7(24)5-6(12(18,19)20)26-10(13(21,22)23)27-8(5)28-29/h1-2,8,24,28H,(H,26,27). The average Bonchev–Trinajstić information content (AvgIpc) is 2.88. The van der Waals surface area contributed by atoms with Gasteiger partial charge in [0, 0.05) is 6.20 Å². The molecule has 29 heavy (non-hydrogen) atoms. The summed E-state index contributed by atoms with van der Waals surface area (Å²) in [5.74, 6) is -3.64. The zero-order chi connectivity index (χ0) is 21.9. The summed E-state index contributed by atoms with van der Waals surface area (Å²) in [6, 6.07) is 0.405. The molecule has 16 heteroatoms. The van der Waals surface area contributed by atoms with Crippen LogP contribution in [0.15, 0.2) is 28.5 Å². The number of nitrogens with zero attached hydrogens (tertiary/aromatic N) is 3. The van der Waals surface area contributed by atoms with Crippen molar-refractivity contribution in [1.29, 1.82) is 5.41 Å². The molecule has 0 radical (unpaired) electrons. The Morgan fingerprint density at radius 3 is 2.10 bits per heavy atom. The smallest absolute Gasteiger partial charge is 0.332 e. The number of nitrogens with one attached hydrogen (secondary N) is 3. The minimum atomic E-state index is -5.32. The first kappa shape index (κ1) is 21.2. The van der Waals surface area contributed by atoms with Gasteiger partial charge in [-0.25, -0.2) is 15.0 Å². The third-order valence-electron chi connectivity index (χ3n) is 3.69. The number of rotatable bonds is 1. The maximum Gasteiger partial charge on any atom is 0.449 e. The van der Waals surface area contributed by atoms with Crippen molar-refractivity contribution in [2.24, 2.45) is 4.99 Å². The molecule has 2 aliphatic rings. The van der Waals surface area contributed by atoms with E-state index < -0.39 is 64.0 Å². The van der Waals surface area contributed by atoms with Crippen LogP contribution >= 0.6 is 11.6 Å². The Balaban J connectivity index is 2.07. The Morgan fingerprint density at radius 1 is 1.00 bits per heavy atom. The van der Waals surface area contributed by atoms with E-state index in [9.17, 15) is 39.5 Å². The number of pyridine rings is 1. The molecular formula is C13H6ClF9N6. The van der Waals surface area contributed by atoms with Crippen LogP contribution in [-0.2, 0) is 6.18 Å². The SMILES string of the molecule is N=C1C2=C(C(F)(F)F)NC(C(F)(F)F)=NC2NN1c1ncc(C(F)(F)F)cc1Cl. The van der Waals surface area contributed by atoms with Crippen molar-refractivity contribution in [2.45, 2.75) is 24.7 Å². The number of aromatic nitrogens is 1. The zero-order valence-corrected chi connectivity index (χ0v) is 14.1. The second kappa shape index (κ2) is 6.48. The van der Waals surface area contributed by atoms with Gasteiger partial charge in [0.25, 0.3) is 0 Å². The van der Waals surface area contributed by atoms with E-state index in [1.165, 1.54) is 0 Å². The number of hydrazine groups is 1. The number of hydrogen-bond donors (Lipinski definition) is 3. The molecule has 0 bridgehead atoms. The highest BCUT2D eigenvalue weighted by atomic mass is 35.5. The quantitative estimate of drug-likeness (QED) is 0.567. The van der Waals surface area contributed by atoms with E-state index in [4.69, 9.17) is 17.0 Å². The van der Waals surface area contributed by atoms with Gasteiger partial charge in [-0.15, -0.1) is 0 Å². The molecule has 3 rings (SSSR count). The Hall–Kier alpha value is -2.55. The molecule has 0 amide bonds. The predicted octanol–water partition coefficient (Wildman–Crippen LogP) is 3.76. The molecule has 0 spiro atoms. The van der Waals surface area contributed by atoms with Crippen molar-refractivity contribution >= 4 is 29.1 Å². The molecule has 6 nitrogen and oxygen atoms in total. The van der Waals surface area contributed by atoms with Gasteiger partial charge in [-0.3, -0.25) is 5.41 Å². The predicted molar refractivity (Wildman–Crippen MR) is 81.1 cm³/mol. The first-order valence-corrected chi connectivity index (χ1v) is 7.60. The fourth-order valence-corrected chi connectivity index (χ4v) is 2.73. The summed E-state index contributed by atoms with van der Waals surface area (Å²) in [5.41, 5.74) is -2.12. The van der Waals surface area contributed by atoms with E-state index >= 15 is 0 Å². The van der Waals surface area contributed by atoms with Crippen molar-refractivity contribution in [1.82, 2.24) is 15.7 Å². The van der Waals surface area contributed by atoms with E-state index in [2.05, 4.69) is 15.4 Å². The lowest BCUT2D eigenvalue weighted by Crippen LogP contribution is -2.47. The summed E-state index contributed by atoms with van der Waals surface area (Å²) in [5, 5.41) is 8.69. The Morgan fingerprint density at radius 2 is 1.62 bits per heavy atom. The minimum Gasteiger partial charge on any atom is -0.332 e. The summed E-state index contributed by atoms with van der Waals surface area (Å²) in [6.07, 6.45) is -17.1. The van der Waals surface area contributed by atoms with Gasteiger partial charge in [0.05, 0.1) is 16.2 Å². The molecule has 158 valence electrons. The molecule has 3 heterocycles. The molecular weight excluding hydrogens is 447 g/mol. The van der Waals surface area contributed by atoms with Crippen LogP contribution in [-0.4, -0.2) is 35.2 Å². The summed E-state index contributed by atoms with van der Waals surface area (Å²) in [4.78, 5) is 6.44. The van der Waals surface area contributed by atoms with E-state index in [0.29, 0.717) is 17.3 Å². The lowest BCUT2D eigenvalue weighted by Gasteiger charge is -2.25. The van der Waals surface area contributed by atoms with Crippen LogP contribution in [0.5, 0.6) is 0 Å². The van der Waals surface area contributed by atoms with Crippen molar-refractivity contribution in [3.63, 3.8) is 0 Å². The van der Waals surface area contributed by atoms with Crippen LogP contribution in [0.3, 0.4) is 0 Å². The van der Waals surface area contributed by atoms with Gasteiger partial charge in [-0.05, 0) is 6.07 Å². The molecule has 0 aliphatic carbocycles. The summed E-state index contributed by atoms with van der Waals surface area (Å²) in [6.45, 7) is 0. The molecule has 2 aliphatic heterocycles. The highest BCUT2D eigenvalue weighted by molar-refractivity contribution is 6.34. The molecule has 1 atom stereocenters. The third-order valence-corrected chi connectivity index (χ3v) is 3.97.